The highest BCUT2D eigenvalue weighted by Crippen LogP contribution is 2.25. The second-order valence-corrected chi connectivity index (χ2v) is 5.35. The minimum Gasteiger partial charge on any atom is -0.381 e. The zero-order valence-corrected chi connectivity index (χ0v) is 12.8. The van der Waals surface area contributed by atoms with E-state index in [0.717, 1.165) is 56.1 Å². The molecule has 2 rings (SSSR count). The Balaban J connectivity index is 2.05. The monoisotopic (exact) mass is 278 g/mol. The van der Waals surface area contributed by atoms with Crippen molar-refractivity contribution in [1.29, 1.82) is 0 Å². The van der Waals surface area contributed by atoms with E-state index in [9.17, 15) is 0 Å². The number of nitrogens with zero attached hydrogens (tertiary/aromatic N) is 2. The Hall–Kier alpha value is -1.36. The van der Waals surface area contributed by atoms with Crippen LogP contribution in [0.2, 0.25) is 0 Å². The van der Waals surface area contributed by atoms with Crippen LogP contribution in [0.4, 0.5) is 11.6 Å². The Labute approximate surface area is 121 Å². The van der Waals surface area contributed by atoms with E-state index in [-0.39, 0.29) is 0 Å². The normalized spacial score (nSPS) is 21.9. The van der Waals surface area contributed by atoms with Gasteiger partial charge in [0.05, 0.1) is 6.10 Å². The summed E-state index contributed by atoms with van der Waals surface area (Å²) >= 11 is 0. The Kier molecular flexibility index (Phi) is 5.59. The van der Waals surface area contributed by atoms with Gasteiger partial charge in [-0.1, -0.05) is 6.92 Å². The van der Waals surface area contributed by atoms with Gasteiger partial charge < -0.3 is 15.4 Å². The lowest BCUT2D eigenvalue weighted by Crippen LogP contribution is -2.19. The van der Waals surface area contributed by atoms with Crippen molar-refractivity contribution >= 4 is 11.6 Å². The van der Waals surface area contributed by atoms with Crippen LogP contribution >= 0.6 is 0 Å². The first-order chi connectivity index (χ1) is 9.75. The average molecular weight is 278 g/mol. The van der Waals surface area contributed by atoms with Gasteiger partial charge in [0.15, 0.2) is 0 Å². The molecule has 20 heavy (non-hydrogen) atoms. The molecule has 1 aliphatic rings. The molecule has 1 aliphatic carbocycles. The highest BCUT2D eigenvalue weighted by atomic mass is 16.5. The van der Waals surface area contributed by atoms with Gasteiger partial charge in [0.2, 0.25) is 0 Å². The lowest BCUT2D eigenvalue weighted by molar-refractivity contribution is 0.108. The zero-order chi connectivity index (χ0) is 14.4. The predicted molar refractivity (Wildman–Crippen MR) is 82.2 cm³/mol. The molecule has 1 aromatic rings. The molecule has 2 N–H and O–H groups in total. The van der Waals surface area contributed by atoms with Gasteiger partial charge in [0.1, 0.15) is 17.5 Å². The van der Waals surface area contributed by atoms with Gasteiger partial charge in [0, 0.05) is 32.2 Å². The molecule has 0 spiro atoms. The molecule has 1 heterocycles. The van der Waals surface area contributed by atoms with Gasteiger partial charge in [-0.05, 0) is 32.6 Å². The van der Waals surface area contributed by atoms with E-state index in [1.54, 1.807) is 7.11 Å². The number of nitrogens with one attached hydrogen (secondary N) is 2. The molecule has 0 saturated heterocycles. The fourth-order valence-corrected chi connectivity index (χ4v) is 2.67. The maximum atomic E-state index is 5.42. The molecule has 5 heteroatoms. The Morgan fingerprint density at radius 1 is 1.25 bits per heavy atom. The lowest BCUT2D eigenvalue weighted by atomic mass is 10.2. The van der Waals surface area contributed by atoms with Crippen LogP contribution in [0.25, 0.3) is 0 Å². The van der Waals surface area contributed by atoms with Crippen molar-refractivity contribution in [2.24, 2.45) is 0 Å². The number of rotatable bonds is 7. The summed E-state index contributed by atoms with van der Waals surface area (Å²) in [6.07, 6.45) is 5.69. The van der Waals surface area contributed by atoms with Crippen molar-refractivity contribution in [2.75, 3.05) is 24.3 Å². The number of hydrogen-bond donors (Lipinski definition) is 2. The van der Waals surface area contributed by atoms with E-state index in [2.05, 4.69) is 34.4 Å². The number of ether oxygens (including phenoxy) is 1. The SMILES string of the molecule is CCCc1nc(NCC)cc(NC2CCC(OC)C2)n1. The molecule has 2 unspecified atom stereocenters. The summed E-state index contributed by atoms with van der Waals surface area (Å²) in [7, 11) is 1.79. The molecular weight excluding hydrogens is 252 g/mol. The standard InChI is InChI=1S/C15H26N4O/c1-4-6-13-18-14(16-5-2)10-15(19-13)17-11-7-8-12(9-11)20-3/h10-12H,4-9H2,1-3H3,(H2,16,17,18,19). The van der Waals surface area contributed by atoms with E-state index >= 15 is 0 Å². The van der Waals surface area contributed by atoms with Crippen molar-refractivity contribution in [3.05, 3.63) is 11.9 Å². The fourth-order valence-electron chi connectivity index (χ4n) is 2.67. The number of hydrogen-bond acceptors (Lipinski definition) is 5. The highest BCUT2D eigenvalue weighted by molar-refractivity contribution is 5.48. The van der Waals surface area contributed by atoms with Crippen LogP contribution in [0.5, 0.6) is 0 Å². The number of aromatic nitrogens is 2. The first-order valence-corrected chi connectivity index (χ1v) is 7.66. The van der Waals surface area contributed by atoms with Crippen LogP contribution in [0.3, 0.4) is 0 Å². The summed E-state index contributed by atoms with van der Waals surface area (Å²) in [5.74, 6) is 2.76. The van der Waals surface area contributed by atoms with E-state index in [0.29, 0.717) is 12.1 Å². The molecule has 112 valence electrons. The first kappa shape index (κ1) is 15.0. The summed E-state index contributed by atoms with van der Waals surface area (Å²) in [6.45, 7) is 5.10. The highest BCUT2D eigenvalue weighted by Gasteiger charge is 2.24. The van der Waals surface area contributed by atoms with Crippen LogP contribution < -0.4 is 10.6 Å². The summed E-state index contributed by atoms with van der Waals surface area (Å²) in [5, 5.41) is 6.81. The summed E-state index contributed by atoms with van der Waals surface area (Å²) in [4.78, 5) is 9.15. The van der Waals surface area contributed by atoms with E-state index in [4.69, 9.17) is 4.74 Å². The van der Waals surface area contributed by atoms with Crippen molar-refractivity contribution < 1.29 is 4.74 Å². The molecule has 5 nitrogen and oxygen atoms in total. The number of aryl methyl sites for hydroxylation is 1. The summed E-state index contributed by atoms with van der Waals surface area (Å²) < 4.78 is 5.42. The molecule has 1 fully saturated rings. The van der Waals surface area contributed by atoms with Crippen molar-refractivity contribution in [1.82, 2.24) is 9.97 Å². The largest absolute Gasteiger partial charge is 0.381 e. The first-order valence-electron chi connectivity index (χ1n) is 7.66. The second-order valence-electron chi connectivity index (χ2n) is 5.35. The third kappa shape index (κ3) is 4.07. The Morgan fingerprint density at radius 2 is 2.05 bits per heavy atom. The van der Waals surface area contributed by atoms with Gasteiger partial charge in [-0.25, -0.2) is 9.97 Å². The molecule has 0 amide bonds. The Morgan fingerprint density at radius 3 is 2.70 bits per heavy atom. The van der Waals surface area contributed by atoms with Gasteiger partial charge in [-0.15, -0.1) is 0 Å². The van der Waals surface area contributed by atoms with Crippen LogP contribution in [-0.4, -0.2) is 35.8 Å². The van der Waals surface area contributed by atoms with Crippen LogP contribution in [0.1, 0.15) is 45.4 Å². The van der Waals surface area contributed by atoms with Crippen molar-refractivity contribution in [3.8, 4) is 0 Å². The van der Waals surface area contributed by atoms with Crippen LogP contribution in [0.15, 0.2) is 6.07 Å². The van der Waals surface area contributed by atoms with Gasteiger partial charge in [-0.2, -0.15) is 0 Å². The van der Waals surface area contributed by atoms with Gasteiger partial charge in [-0.3, -0.25) is 0 Å². The average Bonchev–Trinajstić information content (AvgIpc) is 2.87. The fraction of sp³-hybridized carbons (Fsp3) is 0.733. The second kappa shape index (κ2) is 7.43. The van der Waals surface area contributed by atoms with Crippen LogP contribution in [0, 0.1) is 0 Å². The minimum atomic E-state index is 0.387. The molecule has 2 atom stereocenters. The third-order valence-corrected chi connectivity index (χ3v) is 3.67. The molecule has 0 aliphatic heterocycles. The quantitative estimate of drug-likeness (QED) is 0.803. The third-order valence-electron chi connectivity index (χ3n) is 3.67. The van der Waals surface area contributed by atoms with E-state index < -0.39 is 0 Å². The molecule has 1 aromatic heterocycles. The molecule has 1 saturated carbocycles. The lowest BCUT2D eigenvalue weighted by Gasteiger charge is -2.15. The topological polar surface area (TPSA) is 59.1 Å². The molecular formula is C15H26N4O. The molecule has 0 radical (unpaired) electrons. The number of methoxy groups -OCH3 is 1. The maximum absolute atomic E-state index is 5.42. The maximum Gasteiger partial charge on any atom is 0.133 e. The smallest absolute Gasteiger partial charge is 0.133 e. The molecule has 0 aromatic carbocycles. The number of anilines is 2. The summed E-state index contributed by atoms with van der Waals surface area (Å²) in [5.41, 5.74) is 0. The van der Waals surface area contributed by atoms with Crippen molar-refractivity contribution in [3.63, 3.8) is 0 Å². The zero-order valence-electron chi connectivity index (χ0n) is 12.8. The minimum absolute atomic E-state index is 0.387. The Bertz CT molecular complexity index is 400. The predicted octanol–water partition coefficient (Wildman–Crippen LogP) is 2.84. The van der Waals surface area contributed by atoms with Crippen molar-refractivity contribution in [2.45, 2.75) is 58.1 Å². The van der Waals surface area contributed by atoms with Crippen LogP contribution in [-0.2, 0) is 11.2 Å². The van der Waals surface area contributed by atoms with E-state index in [1.165, 1.54) is 0 Å². The van der Waals surface area contributed by atoms with Gasteiger partial charge in [0.25, 0.3) is 0 Å². The van der Waals surface area contributed by atoms with E-state index in [1.807, 2.05) is 6.07 Å². The van der Waals surface area contributed by atoms with Gasteiger partial charge >= 0.3 is 0 Å². The molecule has 0 bridgehead atoms. The summed E-state index contributed by atoms with van der Waals surface area (Å²) in [6, 6.07) is 2.46.